The second kappa shape index (κ2) is 17.2. The van der Waals surface area contributed by atoms with Crippen molar-refractivity contribution in [3.8, 4) is 11.1 Å². The molecule has 0 saturated carbocycles. The third-order valence-electron chi connectivity index (χ3n) is 7.54. The summed E-state index contributed by atoms with van der Waals surface area (Å²) < 4.78 is 3.62. The Morgan fingerprint density at radius 1 is 0.705 bits per heavy atom. The Morgan fingerprint density at radius 2 is 1.25 bits per heavy atom. The van der Waals surface area contributed by atoms with Crippen molar-refractivity contribution in [3.05, 3.63) is 139 Å². The molecule has 0 heterocycles. The van der Waals surface area contributed by atoms with E-state index in [1.54, 1.807) is 0 Å². The van der Waals surface area contributed by atoms with Crippen molar-refractivity contribution in [1.82, 2.24) is 0 Å². The fraction of sp³-hybridized carbons (Fsp3) is 0.308. The molecule has 2 aliphatic carbocycles. The Morgan fingerprint density at radius 3 is 1.68 bits per heavy atom. The van der Waals surface area contributed by atoms with Crippen LogP contribution >= 0.6 is 31.9 Å². The molecule has 2 aliphatic rings. The van der Waals surface area contributed by atoms with Gasteiger partial charge in [-0.2, -0.15) is 30.2 Å². The molecule has 230 valence electrons. The van der Waals surface area contributed by atoms with Gasteiger partial charge >= 0.3 is 128 Å². The monoisotopic (exact) mass is 826 g/mol. The molecule has 0 radical (unpaired) electrons. The van der Waals surface area contributed by atoms with Gasteiger partial charge in [-0.05, 0) is 28.4 Å². The van der Waals surface area contributed by atoms with E-state index in [0.29, 0.717) is 0 Å². The quantitative estimate of drug-likeness (QED) is 0.206. The van der Waals surface area contributed by atoms with Gasteiger partial charge in [0.05, 0.1) is 0 Å². The summed E-state index contributed by atoms with van der Waals surface area (Å²) in [6.07, 6.45) is 10.0. The van der Waals surface area contributed by atoms with Crippen LogP contribution in [-0.4, -0.2) is 3.21 Å². The minimum absolute atomic E-state index is 0. The van der Waals surface area contributed by atoms with E-state index in [9.17, 15) is 0 Å². The first kappa shape index (κ1) is 39.1. The smallest absolute Gasteiger partial charge is 0.0132 e. The van der Waals surface area contributed by atoms with Crippen molar-refractivity contribution in [3.63, 3.8) is 0 Å². The van der Waals surface area contributed by atoms with Gasteiger partial charge in [-0.1, -0.05) is 78.1 Å². The van der Waals surface area contributed by atoms with Gasteiger partial charge in [-0.3, -0.25) is 6.08 Å². The van der Waals surface area contributed by atoms with Crippen molar-refractivity contribution < 1.29 is 49.0 Å². The molecule has 0 N–H and O–H groups in total. The van der Waals surface area contributed by atoms with Crippen LogP contribution in [0.4, 0.5) is 0 Å². The largest absolute Gasteiger partial charge is 1.00 e. The summed E-state index contributed by atoms with van der Waals surface area (Å²) in [6.45, 7) is 13.6. The molecule has 0 nitrogen and oxygen atoms in total. The number of hydrogen-bond donors (Lipinski definition) is 0. The van der Waals surface area contributed by atoms with Crippen LogP contribution in [0, 0.1) is 12.1 Å². The Labute approximate surface area is 309 Å². The predicted octanol–water partition coefficient (Wildman–Crippen LogP) is 5.52. The Balaban J connectivity index is 0.000000260. The Hall–Kier alpha value is -1.09. The molecule has 0 spiro atoms. The van der Waals surface area contributed by atoms with Crippen molar-refractivity contribution in [2.75, 3.05) is 0 Å². The van der Waals surface area contributed by atoms with E-state index >= 15 is 0 Å². The van der Waals surface area contributed by atoms with E-state index < -0.39 is 0 Å². The molecule has 4 aromatic rings. The average molecular weight is 831 g/mol. The number of hydrogen-bond acceptors (Lipinski definition) is 0. The summed E-state index contributed by atoms with van der Waals surface area (Å²) in [4.78, 5) is 0. The van der Waals surface area contributed by atoms with Crippen LogP contribution < -0.4 is 24.8 Å². The van der Waals surface area contributed by atoms with Crippen LogP contribution in [0.3, 0.4) is 0 Å². The molecular formula is C39H40Br2Cl2Zr-2. The van der Waals surface area contributed by atoms with Crippen LogP contribution in [0.25, 0.3) is 11.1 Å². The van der Waals surface area contributed by atoms with Gasteiger partial charge in [-0.25, -0.2) is 0 Å². The van der Waals surface area contributed by atoms with Crippen molar-refractivity contribution >= 4 is 35.1 Å². The number of halogens is 4. The van der Waals surface area contributed by atoms with Crippen LogP contribution in [0.2, 0.25) is 0 Å². The maximum Gasteiger partial charge on any atom is -0.0132 e. The first-order chi connectivity index (χ1) is 19.8. The summed E-state index contributed by atoms with van der Waals surface area (Å²) in [5.41, 5.74) is 11.3. The Bertz CT molecular complexity index is 1440. The second-order valence-corrected chi connectivity index (χ2v) is 16.1. The van der Waals surface area contributed by atoms with E-state index in [1.807, 2.05) is 0 Å². The summed E-state index contributed by atoms with van der Waals surface area (Å²) >= 11 is 8.34. The molecule has 6 rings (SSSR count). The zero-order valence-corrected chi connectivity index (χ0v) is 33.6. The molecule has 0 amide bonds. The predicted molar refractivity (Wildman–Crippen MR) is 184 cm³/mol. The zero-order valence-electron chi connectivity index (χ0n) is 26.4. The fourth-order valence-electron chi connectivity index (χ4n) is 4.94. The van der Waals surface area contributed by atoms with Gasteiger partial charge in [0.25, 0.3) is 0 Å². The normalized spacial score (nSPS) is 12.8. The van der Waals surface area contributed by atoms with Crippen molar-refractivity contribution in [1.29, 1.82) is 0 Å². The standard InChI is InChI=1S/C21H25.C13H8Br2.C5H7.2ClH.Zr/c1-20(2,3)16-7-9-18-14(12-16)11-15-13-17(21(4,5)6)8-10-19(15)18;14-12-5-1-10(2-6-12)9-11-3-7-13(15)8-4-11;1-2-4-5-3-1;;;/h7-10,12H,11H2,1-6H3;1-8H;1H,2,4-5H2;2*1H;/q-1;;-1;;;+2/p-2. The number of rotatable bonds is 2. The maximum absolute atomic E-state index is 3.67. The number of benzene rings is 4. The van der Waals surface area contributed by atoms with E-state index in [0.717, 1.165) is 15.4 Å². The molecule has 0 aliphatic heterocycles. The van der Waals surface area contributed by atoms with Crippen molar-refractivity contribution in [2.24, 2.45) is 0 Å². The minimum Gasteiger partial charge on any atom is -1.00 e. The van der Waals surface area contributed by atoms with Gasteiger partial charge in [0.2, 0.25) is 0 Å². The second-order valence-electron chi connectivity index (χ2n) is 13.0. The molecule has 0 aromatic heterocycles. The van der Waals surface area contributed by atoms with Gasteiger partial charge in [0.15, 0.2) is 0 Å². The van der Waals surface area contributed by atoms with Gasteiger partial charge in [-0.15, -0.1) is 11.1 Å². The SMILES string of the molecule is Brc1ccc([C](=[Zr+2])c2ccc(Br)cc2)cc1.CC(C)(C)c1[c-]c2c(cc1)-c1ccc(C(C)(C)C)cc1C2.[C-]1=CCCC1.[Cl-].[Cl-]. The average Bonchev–Trinajstić information content (AvgIpc) is 3.64. The van der Waals surface area contributed by atoms with Crippen LogP contribution in [0.1, 0.15) is 94.2 Å². The summed E-state index contributed by atoms with van der Waals surface area (Å²) in [7, 11) is 0. The van der Waals surface area contributed by atoms with Crippen molar-refractivity contribution in [2.45, 2.75) is 78.1 Å². The van der Waals surface area contributed by atoms with Gasteiger partial charge in [0.1, 0.15) is 0 Å². The van der Waals surface area contributed by atoms with E-state index in [-0.39, 0.29) is 35.6 Å². The summed E-state index contributed by atoms with van der Waals surface area (Å²) in [5, 5.41) is 0. The third kappa shape index (κ3) is 10.7. The number of allylic oxidation sites excluding steroid dienone is 2. The third-order valence-corrected chi connectivity index (χ3v) is 10.0. The van der Waals surface area contributed by atoms with Crippen LogP contribution in [0.15, 0.2) is 93.9 Å². The first-order valence-corrected chi connectivity index (χ1v) is 17.5. The van der Waals surface area contributed by atoms with E-state index in [4.69, 9.17) is 0 Å². The first-order valence-electron chi connectivity index (χ1n) is 14.7. The van der Waals surface area contributed by atoms with E-state index in [2.05, 4.69) is 170 Å². The zero-order chi connectivity index (χ0) is 30.5. The number of fused-ring (bicyclic) bond motifs is 3. The topological polar surface area (TPSA) is 0 Å². The minimum atomic E-state index is 0. The van der Waals surface area contributed by atoms with Gasteiger partial charge in [0, 0.05) is 0 Å². The Kier molecular flexibility index (Phi) is 15.3. The summed E-state index contributed by atoms with van der Waals surface area (Å²) in [5.74, 6) is 0. The molecule has 0 unspecified atom stereocenters. The van der Waals surface area contributed by atoms with Crippen LogP contribution in [-0.2, 0) is 41.5 Å². The molecule has 0 bridgehead atoms. The maximum atomic E-state index is 3.67. The van der Waals surface area contributed by atoms with E-state index in [1.165, 1.54) is 91.2 Å². The molecule has 44 heavy (non-hydrogen) atoms. The van der Waals surface area contributed by atoms with Crippen LogP contribution in [0.5, 0.6) is 0 Å². The fourth-order valence-corrected chi connectivity index (χ4v) is 6.29. The van der Waals surface area contributed by atoms with Gasteiger partial charge < -0.3 is 30.9 Å². The summed E-state index contributed by atoms with van der Waals surface area (Å²) in [6, 6.07) is 32.1. The molecule has 5 heteroatoms. The molecule has 0 atom stereocenters. The molecular weight excluding hydrogens is 790 g/mol. The molecule has 4 aromatic carbocycles. The molecule has 0 saturated heterocycles. The molecule has 0 fully saturated rings.